The summed E-state index contributed by atoms with van der Waals surface area (Å²) < 4.78 is 16.6. The first kappa shape index (κ1) is 17.6. The van der Waals surface area contributed by atoms with Gasteiger partial charge in [0, 0.05) is 37.3 Å². The molecule has 1 amide bonds. The number of ether oxygens (including phenoxy) is 3. The predicted octanol–water partition coefficient (Wildman–Crippen LogP) is 2.96. The highest BCUT2D eigenvalue weighted by molar-refractivity contribution is 5.95. The van der Waals surface area contributed by atoms with Crippen LogP contribution in [0, 0.1) is 0 Å². The van der Waals surface area contributed by atoms with E-state index >= 15 is 0 Å². The van der Waals surface area contributed by atoms with Crippen LogP contribution in [0.5, 0.6) is 11.5 Å². The average molecular weight is 321 g/mol. The number of unbranched alkanes of at least 4 members (excludes halogenated alkanes) is 1. The minimum absolute atomic E-state index is 0.0841. The normalized spacial score (nSPS) is 15.9. The maximum absolute atomic E-state index is 12.3. The topological polar surface area (TPSA) is 56.8 Å². The minimum Gasteiger partial charge on any atom is -0.493 e. The molecular formula is C18H27NO4. The van der Waals surface area contributed by atoms with E-state index in [1.165, 1.54) is 0 Å². The van der Waals surface area contributed by atoms with E-state index in [1.807, 2.05) is 13.0 Å². The molecule has 5 heteroatoms. The van der Waals surface area contributed by atoms with Gasteiger partial charge in [-0.15, -0.1) is 0 Å². The summed E-state index contributed by atoms with van der Waals surface area (Å²) in [6.45, 7) is 6.24. The fraction of sp³-hybridized carbons (Fsp3) is 0.611. The van der Waals surface area contributed by atoms with E-state index < -0.39 is 0 Å². The third-order valence-electron chi connectivity index (χ3n) is 3.83. The summed E-state index contributed by atoms with van der Waals surface area (Å²) in [5, 5.41) is 2.93. The standard InChI is InChI=1S/C18H27NO4/c1-4-5-8-22-9-6-7-19-18(20)15-11-14-10-13(2)23-17(14)16(12-15)21-3/h11-13H,4-10H2,1-3H3,(H,19,20)/t13-/m1/s1. The van der Waals surface area contributed by atoms with Gasteiger partial charge in [-0.2, -0.15) is 0 Å². The lowest BCUT2D eigenvalue weighted by atomic mass is 10.1. The third-order valence-corrected chi connectivity index (χ3v) is 3.83. The molecule has 1 atom stereocenters. The lowest BCUT2D eigenvalue weighted by Crippen LogP contribution is -2.25. The second-order valence-corrected chi connectivity index (χ2v) is 5.87. The number of carbonyl (C=O) groups is 1. The Bertz CT molecular complexity index is 530. The van der Waals surface area contributed by atoms with Crippen molar-refractivity contribution in [2.45, 2.75) is 45.6 Å². The summed E-state index contributed by atoms with van der Waals surface area (Å²) in [4.78, 5) is 12.3. The van der Waals surface area contributed by atoms with Crippen LogP contribution in [0.1, 0.15) is 49.0 Å². The molecule has 0 saturated heterocycles. The van der Waals surface area contributed by atoms with Crippen LogP contribution < -0.4 is 14.8 Å². The summed E-state index contributed by atoms with van der Waals surface area (Å²) in [5.74, 6) is 1.31. The van der Waals surface area contributed by atoms with Crippen molar-refractivity contribution in [2.75, 3.05) is 26.9 Å². The number of fused-ring (bicyclic) bond motifs is 1. The molecule has 1 heterocycles. The number of methoxy groups -OCH3 is 1. The number of nitrogens with one attached hydrogen (secondary N) is 1. The van der Waals surface area contributed by atoms with Crippen molar-refractivity contribution < 1.29 is 19.0 Å². The van der Waals surface area contributed by atoms with Gasteiger partial charge in [-0.05, 0) is 31.9 Å². The van der Waals surface area contributed by atoms with Crippen molar-refractivity contribution in [3.63, 3.8) is 0 Å². The van der Waals surface area contributed by atoms with Gasteiger partial charge in [0.05, 0.1) is 7.11 Å². The van der Waals surface area contributed by atoms with Crippen LogP contribution in [0.25, 0.3) is 0 Å². The molecule has 0 fully saturated rings. The molecule has 1 aliphatic heterocycles. The van der Waals surface area contributed by atoms with Crippen LogP contribution in [0.4, 0.5) is 0 Å². The summed E-state index contributed by atoms with van der Waals surface area (Å²) in [7, 11) is 1.59. The van der Waals surface area contributed by atoms with Crippen LogP contribution in [-0.4, -0.2) is 38.9 Å². The number of rotatable bonds is 9. The Balaban J connectivity index is 1.84. The van der Waals surface area contributed by atoms with E-state index in [0.717, 1.165) is 43.6 Å². The number of carbonyl (C=O) groups excluding carboxylic acids is 1. The van der Waals surface area contributed by atoms with Gasteiger partial charge in [0.15, 0.2) is 11.5 Å². The van der Waals surface area contributed by atoms with Crippen LogP contribution in [-0.2, 0) is 11.2 Å². The fourth-order valence-corrected chi connectivity index (χ4v) is 2.61. The molecule has 0 unspecified atom stereocenters. The molecule has 2 rings (SSSR count). The van der Waals surface area contributed by atoms with Gasteiger partial charge in [0.2, 0.25) is 0 Å². The molecule has 0 spiro atoms. The molecule has 0 saturated carbocycles. The molecule has 1 aliphatic rings. The largest absolute Gasteiger partial charge is 0.493 e. The Morgan fingerprint density at radius 2 is 2.13 bits per heavy atom. The van der Waals surface area contributed by atoms with Gasteiger partial charge in [-0.25, -0.2) is 0 Å². The first-order chi connectivity index (χ1) is 11.2. The van der Waals surface area contributed by atoms with Gasteiger partial charge in [0.25, 0.3) is 5.91 Å². The Kier molecular flexibility index (Phi) is 6.71. The number of amides is 1. The zero-order chi connectivity index (χ0) is 16.7. The van der Waals surface area contributed by atoms with Crippen LogP contribution in [0.15, 0.2) is 12.1 Å². The van der Waals surface area contributed by atoms with Crippen molar-refractivity contribution in [1.29, 1.82) is 0 Å². The van der Waals surface area contributed by atoms with E-state index in [2.05, 4.69) is 12.2 Å². The van der Waals surface area contributed by atoms with Crippen molar-refractivity contribution in [3.8, 4) is 11.5 Å². The van der Waals surface area contributed by atoms with Crippen molar-refractivity contribution in [2.24, 2.45) is 0 Å². The number of hydrogen-bond donors (Lipinski definition) is 1. The smallest absolute Gasteiger partial charge is 0.251 e. The summed E-state index contributed by atoms with van der Waals surface area (Å²) in [5.41, 5.74) is 1.65. The monoisotopic (exact) mass is 321 g/mol. The summed E-state index contributed by atoms with van der Waals surface area (Å²) in [6, 6.07) is 3.64. The Hall–Kier alpha value is -1.75. The Morgan fingerprint density at radius 3 is 2.87 bits per heavy atom. The van der Waals surface area contributed by atoms with Crippen LogP contribution in [0.2, 0.25) is 0 Å². The van der Waals surface area contributed by atoms with Crippen LogP contribution in [0.3, 0.4) is 0 Å². The highest BCUT2D eigenvalue weighted by Gasteiger charge is 2.25. The zero-order valence-electron chi connectivity index (χ0n) is 14.3. The maximum atomic E-state index is 12.3. The number of hydrogen-bond acceptors (Lipinski definition) is 4. The van der Waals surface area contributed by atoms with Crippen molar-refractivity contribution in [3.05, 3.63) is 23.3 Å². The lowest BCUT2D eigenvalue weighted by Gasteiger charge is -2.11. The molecule has 23 heavy (non-hydrogen) atoms. The van der Waals surface area contributed by atoms with Crippen molar-refractivity contribution in [1.82, 2.24) is 5.32 Å². The lowest BCUT2D eigenvalue weighted by molar-refractivity contribution is 0.0940. The quantitative estimate of drug-likeness (QED) is 0.711. The van der Waals surface area contributed by atoms with E-state index in [9.17, 15) is 4.79 Å². The Labute approximate surface area is 138 Å². The van der Waals surface area contributed by atoms with Gasteiger partial charge in [0.1, 0.15) is 6.10 Å². The predicted molar refractivity (Wildman–Crippen MR) is 89.5 cm³/mol. The fourth-order valence-electron chi connectivity index (χ4n) is 2.61. The van der Waals surface area contributed by atoms with E-state index in [4.69, 9.17) is 14.2 Å². The molecule has 0 aromatic heterocycles. The second kappa shape index (κ2) is 8.77. The van der Waals surface area contributed by atoms with E-state index in [1.54, 1.807) is 13.2 Å². The second-order valence-electron chi connectivity index (χ2n) is 5.87. The first-order valence-corrected chi connectivity index (χ1v) is 8.39. The highest BCUT2D eigenvalue weighted by Crippen LogP contribution is 2.38. The van der Waals surface area contributed by atoms with Gasteiger partial charge in [-0.3, -0.25) is 4.79 Å². The van der Waals surface area contributed by atoms with E-state index in [0.29, 0.717) is 24.5 Å². The first-order valence-electron chi connectivity index (χ1n) is 8.39. The molecule has 0 aliphatic carbocycles. The Morgan fingerprint density at radius 1 is 1.35 bits per heavy atom. The molecule has 1 aromatic rings. The van der Waals surface area contributed by atoms with Gasteiger partial charge >= 0.3 is 0 Å². The molecule has 0 radical (unpaired) electrons. The summed E-state index contributed by atoms with van der Waals surface area (Å²) >= 11 is 0. The molecule has 5 nitrogen and oxygen atoms in total. The third kappa shape index (κ3) is 4.86. The average Bonchev–Trinajstić information content (AvgIpc) is 2.92. The van der Waals surface area contributed by atoms with Gasteiger partial charge < -0.3 is 19.5 Å². The van der Waals surface area contributed by atoms with E-state index in [-0.39, 0.29) is 12.0 Å². The summed E-state index contributed by atoms with van der Waals surface area (Å²) in [6.07, 6.45) is 3.97. The molecular weight excluding hydrogens is 294 g/mol. The molecule has 0 bridgehead atoms. The SMILES string of the molecule is CCCCOCCCNC(=O)c1cc2c(c(OC)c1)O[C@H](C)C2. The van der Waals surface area contributed by atoms with Gasteiger partial charge in [-0.1, -0.05) is 13.3 Å². The minimum atomic E-state index is -0.0841. The van der Waals surface area contributed by atoms with Crippen molar-refractivity contribution >= 4 is 5.91 Å². The number of benzene rings is 1. The van der Waals surface area contributed by atoms with Crippen LogP contribution >= 0.6 is 0 Å². The molecule has 128 valence electrons. The zero-order valence-corrected chi connectivity index (χ0v) is 14.3. The molecule has 1 N–H and O–H groups in total. The highest BCUT2D eigenvalue weighted by atomic mass is 16.5. The molecule has 1 aromatic carbocycles. The maximum Gasteiger partial charge on any atom is 0.251 e.